The van der Waals surface area contributed by atoms with Gasteiger partial charge in [0.25, 0.3) is 0 Å². The fourth-order valence-electron chi connectivity index (χ4n) is 4.43. The van der Waals surface area contributed by atoms with Gasteiger partial charge in [-0.2, -0.15) is 0 Å². The summed E-state index contributed by atoms with van der Waals surface area (Å²) in [6, 6.07) is 13.0. The number of hydrogen-bond acceptors (Lipinski definition) is 5. The molecule has 9 heteroatoms. The van der Waals surface area contributed by atoms with Crippen LogP contribution in [-0.4, -0.2) is 45.3 Å². The molecule has 1 aliphatic heterocycles. The molecule has 34 heavy (non-hydrogen) atoms. The number of nitrogens with one attached hydrogen (secondary N) is 2. The van der Waals surface area contributed by atoms with Gasteiger partial charge in [-0.05, 0) is 47.6 Å². The lowest BCUT2D eigenvalue weighted by molar-refractivity contribution is -0.120. The molecule has 1 saturated carbocycles. The highest BCUT2D eigenvalue weighted by Gasteiger charge is 2.49. The molecule has 0 radical (unpaired) electrons. The monoisotopic (exact) mass is 485 g/mol. The van der Waals surface area contributed by atoms with Gasteiger partial charge in [-0.15, -0.1) is 0 Å². The van der Waals surface area contributed by atoms with Crippen LogP contribution in [0.4, 0.5) is 10.5 Å². The van der Waals surface area contributed by atoms with E-state index in [1.54, 1.807) is 13.1 Å². The summed E-state index contributed by atoms with van der Waals surface area (Å²) in [5.41, 5.74) is 2.56. The fourth-order valence-corrected chi connectivity index (χ4v) is 6.15. The number of amides is 3. The summed E-state index contributed by atoms with van der Waals surface area (Å²) in [6.45, 7) is 4.55. The predicted octanol–water partition coefficient (Wildman–Crippen LogP) is 2.87. The Morgan fingerprint density at radius 1 is 1.15 bits per heavy atom. The number of hydrogen-bond donors (Lipinski definition) is 2. The van der Waals surface area contributed by atoms with Crippen LogP contribution in [0.3, 0.4) is 0 Å². The third-order valence-electron chi connectivity index (χ3n) is 6.55. The molecule has 2 unspecified atom stereocenters. The summed E-state index contributed by atoms with van der Waals surface area (Å²) in [5.74, 6) is 0.736. The quantitative estimate of drug-likeness (QED) is 0.598. The Labute approximate surface area is 200 Å². The first kappa shape index (κ1) is 24.1. The lowest BCUT2D eigenvalue weighted by atomic mass is 10.0. The molecule has 2 N–H and O–H groups in total. The number of fused-ring (bicyclic) bond motifs is 1. The van der Waals surface area contributed by atoms with Crippen molar-refractivity contribution in [2.75, 3.05) is 18.6 Å². The normalized spacial score (nSPS) is 19.6. The average Bonchev–Trinajstić information content (AvgIpc) is 3.50. The van der Waals surface area contributed by atoms with Gasteiger partial charge in [-0.25, -0.2) is 17.9 Å². The largest absolute Gasteiger partial charge is 0.493 e. The molecule has 0 aromatic heterocycles. The summed E-state index contributed by atoms with van der Waals surface area (Å²) >= 11 is 0. The van der Waals surface area contributed by atoms with E-state index >= 15 is 0 Å². The van der Waals surface area contributed by atoms with Crippen molar-refractivity contribution in [3.05, 3.63) is 59.7 Å². The van der Waals surface area contributed by atoms with E-state index in [9.17, 15) is 18.0 Å². The second-order valence-electron chi connectivity index (χ2n) is 9.33. The molecule has 1 heterocycles. The van der Waals surface area contributed by atoms with Crippen molar-refractivity contribution in [1.82, 2.24) is 10.0 Å². The molecule has 182 valence electrons. The Morgan fingerprint density at radius 3 is 2.56 bits per heavy atom. The molecule has 2 aromatic carbocycles. The van der Waals surface area contributed by atoms with Gasteiger partial charge < -0.3 is 15.0 Å². The number of carbonyl (C=O) groups is 2. The molecule has 1 aliphatic carbocycles. The lowest BCUT2D eigenvalue weighted by Crippen LogP contribution is -2.53. The van der Waals surface area contributed by atoms with Crippen LogP contribution in [0.5, 0.6) is 5.75 Å². The van der Waals surface area contributed by atoms with Crippen LogP contribution >= 0.6 is 0 Å². The number of nitrogens with zero attached hydrogens (tertiary/aromatic N) is 1. The van der Waals surface area contributed by atoms with Gasteiger partial charge >= 0.3 is 6.03 Å². The molecule has 1 fully saturated rings. The Balaban J connectivity index is 1.49. The third kappa shape index (κ3) is 5.35. The van der Waals surface area contributed by atoms with Crippen molar-refractivity contribution in [3.8, 4) is 5.75 Å². The molecule has 0 spiro atoms. The fraction of sp³-hybridized carbons (Fsp3) is 0.440. The first-order chi connectivity index (χ1) is 16.2. The topological polar surface area (TPSA) is 105 Å². The van der Waals surface area contributed by atoms with Gasteiger partial charge in [0.05, 0.1) is 11.9 Å². The van der Waals surface area contributed by atoms with E-state index in [0.717, 1.165) is 23.3 Å². The van der Waals surface area contributed by atoms with E-state index in [0.29, 0.717) is 18.7 Å². The van der Waals surface area contributed by atoms with Crippen molar-refractivity contribution in [2.24, 2.45) is 11.8 Å². The molecule has 2 aliphatic rings. The molecular weight excluding hydrogens is 454 g/mol. The van der Waals surface area contributed by atoms with E-state index in [2.05, 4.69) is 10.0 Å². The Kier molecular flexibility index (Phi) is 6.84. The van der Waals surface area contributed by atoms with Gasteiger partial charge in [-0.3, -0.25) is 4.79 Å². The van der Waals surface area contributed by atoms with Gasteiger partial charge in [0, 0.05) is 25.6 Å². The number of benzene rings is 2. The SMILES string of the molecule is CC(C)C1CC1S(=O)(=O)NC(=O)N[C@@H](Cc1ccccc1)C(=O)N(C)c1ccc2c(c1)CCO2. The number of anilines is 1. The van der Waals surface area contributed by atoms with Crippen molar-refractivity contribution >= 4 is 27.6 Å². The first-order valence-corrected chi connectivity index (χ1v) is 13.1. The number of sulfonamides is 1. The predicted molar refractivity (Wildman–Crippen MR) is 130 cm³/mol. The highest BCUT2D eigenvalue weighted by Crippen LogP contribution is 2.42. The third-order valence-corrected chi connectivity index (χ3v) is 8.35. The zero-order valence-electron chi connectivity index (χ0n) is 19.7. The van der Waals surface area contributed by atoms with Crippen LogP contribution in [0.2, 0.25) is 0 Å². The number of ether oxygens (including phenoxy) is 1. The number of rotatable bonds is 8. The molecule has 3 atom stereocenters. The summed E-state index contributed by atoms with van der Waals surface area (Å²) < 4.78 is 32.9. The van der Waals surface area contributed by atoms with E-state index in [1.165, 1.54) is 4.90 Å². The summed E-state index contributed by atoms with van der Waals surface area (Å²) in [5, 5.41) is 2.03. The summed E-state index contributed by atoms with van der Waals surface area (Å²) in [4.78, 5) is 27.6. The number of urea groups is 1. The smallest absolute Gasteiger partial charge is 0.329 e. The standard InChI is InChI=1S/C25H31N3O5S/c1-16(2)20-15-23(20)34(31,32)27-25(30)26-21(13-17-7-5-4-6-8-17)24(29)28(3)19-9-10-22-18(14-19)11-12-33-22/h4-10,14,16,20-21,23H,11-13,15H2,1-3H3,(H2,26,27,30)/t20?,21-,23?/m0/s1. The van der Waals surface area contributed by atoms with E-state index in [-0.39, 0.29) is 24.2 Å². The van der Waals surface area contributed by atoms with Crippen molar-refractivity contribution in [3.63, 3.8) is 0 Å². The molecule has 0 saturated heterocycles. The molecule has 0 bridgehead atoms. The Hall–Kier alpha value is -3.07. The van der Waals surface area contributed by atoms with Crippen LogP contribution in [0.1, 0.15) is 31.4 Å². The minimum atomic E-state index is -3.80. The highest BCUT2D eigenvalue weighted by atomic mass is 32.2. The van der Waals surface area contributed by atoms with Gasteiger partial charge in [0.2, 0.25) is 15.9 Å². The number of likely N-dealkylation sites (N-methyl/N-ethyl adjacent to an activating group) is 1. The van der Waals surface area contributed by atoms with Gasteiger partial charge in [0.15, 0.2) is 0 Å². The Morgan fingerprint density at radius 2 is 1.88 bits per heavy atom. The van der Waals surface area contributed by atoms with Crippen molar-refractivity contribution in [1.29, 1.82) is 0 Å². The Bertz CT molecular complexity index is 1170. The van der Waals surface area contributed by atoms with Crippen LogP contribution in [-0.2, 0) is 27.7 Å². The first-order valence-electron chi connectivity index (χ1n) is 11.5. The van der Waals surface area contributed by atoms with Crippen molar-refractivity contribution < 1.29 is 22.7 Å². The molecule has 2 aromatic rings. The van der Waals surface area contributed by atoms with Gasteiger partial charge in [-0.1, -0.05) is 44.2 Å². The minimum absolute atomic E-state index is 0.0435. The summed E-state index contributed by atoms with van der Waals surface area (Å²) in [7, 11) is -2.16. The minimum Gasteiger partial charge on any atom is -0.493 e. The molecule has 4 rings (SSSR count). The zero-order chi connectivity index (χ0) is 24.5. The van der Waals surface area contributed by atoms with Crippen LogP contribution in [0.25, 0.3) is 0 Å². The maximum Gasteiger partial charge on any atom is 0.329 e. The van der Waals surface area contributed by atoms with Crippen LogP contribution in [0.15, 0.2) is 48.5 Å². The van der Waals surface area contributed by atoms with E-state index < -0.39 is 27.3 Å². The zero-order valence-corrected chi connectivity index (χ0v) is 20.5. The maximum atomic E-state index is 13.4. The van der Waals surface area contributed by atoms with Crippen LogP contribution in [0, 0.1) is 11.8 Å². The summed E-state index contributed by atoms with van der Waals surface area (Å²) in [6.07, 6.45) is 1.54. The van der Waals surface area contributed by atoms with Crippen LogP contribution < -0.4 is 19.7 Å². The lowest BCUT2D eigenvalue weighted by Gasteiger charge is -2.25. The van der Waals surface area contributed by atoms with E-state index in [1.807, 2.05) is 56.3 Å². The number of carbonyl (C=O) groups excluding carboxylic acids is 2. The van der Waals surface area contributed by atoms with Crippen molar-refractivity contribution in [2.45, 2.75) is 44.4 Å². The average molecular weight is 486 g/mol. The maximum absolute atomic E-state index is 13.4. The van der Waals surface area contributed by atoms with Gasteiger partial charge in [0.1, 0.15) is 11.8 Å². The molecule has 8 nitrogen and oxygen atoms in total. The highest BCUT2D eigenvalue weighted by molar-refractivity contribution is 7.91. The second-order valence-corrected chi connectivity index (χ2v) is 11.2. The van der Waals surface area contributed by atoms with E-state index in [4.69, 9.17) is 4.74 Å². The second kappa shape index (κ2) is 9.66. The molecular formula is C25H31N3O5S. The molecule has 3 amide bonds.